The van der Waals surface area contributed by atoms with Crippen molar-refractivity contribution in [2.75, 3.05) is 14.2 Å². The second-order valence-electron chi connectivity index (χ2n) is 6.59. The SMILES string of the molecule is CCCCCCCCC(OC)C(CC(O)OCc1ccccc1)OC. The van der Waals surface area contributed by atoms with E-state index in [-0.39, 0.29) is 12.2 Å². The maximum absolute atomic E-state index is 10.2. The Morgan fingerprint density at radius 1 is 0.880 bits per heavy atom. The van der Waals surface area contributed by atoms with E-state index < -0.39 is 6.29 Å². The van der Waals surface area contributed by atoms with E-state index in [1.54, 1.807) is 14.2 Å². The van der Waals surface area contributed by atoms with E-state index in [0.29, 0.717) is 13.0 Å². The molecule has 0 radical (unpaired) electrons. The van der Waals surface area contributed by atoms with Crippen LogP contribution in [0.15, 0.2) is 30.3 Å². The molecule has 0 aromatic heterocycles. The smallest absolute Gasteiger partial charge is 0.157 e. The highest BCUT2D eigenvalue weighted by Gasteiger charge is 2.24. The molecular weight excluding hydrogens is 316 g/mol. The summed E-state index contributed by atoms with van der Waals surface area (Å²) < 4.78 is 16.7. The Kier molecular flexibility index (Phi) is 12.6. The normalized spacial score (nSPS) is 15.0. The summed E-state index contributed by atoms with van der Waals surface area (Å²) in [7, 11) is 3.38. The van der Waals surface area contributed by atoms with E-state index in [0.717, 1.165) is 18.4 Å². The van der Waals surface area contributed by atoms with Gasteiger partial charge in [0.2, 0.25) is 0 Å². The van der Waals surface area contributed by atoms with Gasteiger partial charge in [0.25, 0.3) is 0 Å². The standard InChI is InChI=1S/C21H36O4/c1-4-5-6-7-8-12-15-19(23-2)20(24-3)16-21(22)25-17-18-13-10-9-11-14-18/h9-11,13-14,19-22H,4-8,12,15-17H2,1-3H3. The third-order valence-corrected chi connectivity index (χ3v) is 4.58. The topological polar surface area (TPSA) is 47.9 Å². The maximum Gasteiger partial charge on any atom is 0.157 e. The Bertz CT molecular complexity index is 410. The number of methoxy groups -OCH3 is 2. The summed E-state index contributed by atoms with van der Waals surface area (Å²) in [5, 5.41) is 10.2. The Hall–Kier alpha value is -0.940. The highest BCUT2D eigenvalue weighted by Crippen LogP contribution is 2.18. The van der Waals surface area contributed by atoms with Crippen LogP contribution in [0.1, 0.15) is 63.9 Å². The molecule has 1 aromatic carbocycles. The minimum absolute atomic E-state index is 0.00819. The quantitative estimate of drug-likeness (QED) is 0.367. The van der Waals surface area contributed by atoms with Crippen LogP contribution < -0.4 is 0 Å². The van der Waals surface area contributed by atoms with Crippen LogP contribution in [0.4, 0.5) is 0 Å². The van der Waals surface area contributed by atoms with Crippen molar-refractivity contribution in [1.82, 2.24) is 0 Å². The van der Waals surface area contributed by atoms with Gasteiger partial charge < -0.3 is 19.3 Å². The molecule has 3 atom stereocenters. The first-order valence-corrected chi connectivity index (χ1v) is 9.60. The summed E-state index contributed by atoms with van der Waals surface area (Å²) in [5.74, 6) is 0. The molecular formula is C21H36O4. The Balaban J connectivity index is 2.30. The lowest BCUT2D eigenvalue weighted by molar-refractivity contribution is -0.148. The van der Waals surface area contributed by atoms with E-state index in [2.05, 4.69) is 6.92 Å². The molecule has 1 N–H and O–H groups in total. The Morgan fingerprint density at radius 3 is 2.16 bits per heavy atom. The first-order chi connectivity index (χ1) is 12.2. The van der Waals surface area contributed by atoms with Crippen molar-refractivity contribution >= 4 is 0 Å². The first-order valence-electron chi connectivity index (χ1n) is 9.60. The maximum atomic E-state index is 10.2. The molecule has 0 aliphatic rings. The average molecular weight is 353 g/mol. The fourth-order valence-corrected chi connectivity index (χ4v) is 3.01. The van der Waals surface area contributed by atoms with Crippen LogP contribution in [0.5, 0.6) is 0 Å². The minimum Gasteiger partial charge on any atom is -0.379 e. The van der Waals surface area contributed by atoms with E-state index in [9.17, 15) is 5.11 Å². The highest BCUT2D eigenvalue weighted by molar-refractivity contribution is 5.13. The lowest BCUT2D eigenvalue weighted by Gasteiger charge is -2.27. The van der Waals surface area contributed by atoms with Gasteiger partial charge in [-0.3, -0.25) is 0 Å². The van der Waals surface area contributed by atoms with Gasteiger partial charge in [-0.15, -0.1) is 0 Å². The molecule has 0 bridgehead atoms. The predicted octanol–water partition coefficient (Wildman–Crippen LogP) is 4.69. The molecule has 0 fully saturated rings. The van der Waals surface area contributed by atoms with E-state index in [1.807, 2.05) is 30.3 Å². The lowest BCUT2D eigenvalue weighted by atomic mass is 10.0. The van der Waals surface area contributed by atoms with Crippen molar-refractivity contribution in [3.8, 4) is 0 Å². The molecule has 1 aromatic rings. The molecule has 4 nitrogen and oxygen atoms in total. The number of unbranched alkanes of at least 4 members (excludes halogenated alkanes) is 5. The number of aliphatic hydroxyl groups is 1. The fraction of sp³-hybridized carbons (Fsp3) is 0.714. The highest BCUT2D eigenvalue weighted by atomic mass is 16.6. The number of aliphatic hydroxyl groups excluding tert-OH is 1. The van der Waals surface area contributed by atoms with Crippen LogP contribution in [-0.4, -0.2) is 37.8 Å². The molecule has 144 valence electrons. The molecule has 25 heavy (non-hydrogen) atoms. The Labute approximate surface area is 153 Å². The van der Waals surface area contributed by atoms with Crippen molar-refractivity contribution < 1.29 is 19.3 Å². The van der Waals surface area contributed by atoms with Crippen LogP contribution >= 0.6 is 0 Å². The van der Waals surface area contributed by atoms with Gasteiger partial charge in [0, 0.05) is 20.6 Å². The van der Waals surface area contributed by atoms with Gasteiger partial charge in [0.05, 0.1) is 18.8 Å². The van der Waals surface area contributed by atoms with Gasteiger partial charge in [0.1, 0.15) is 0 Å². The monoisotopic (exact) mass is 352 g/mol. The number of hydrogen-bond donors (Lipinski definition) is 1. The van der Waals surface area contributed by atoms with Crippen molar-refractivity contribution in [2.45, 2.75) is 83.4 Å². The molecule has 1 rings (SSSR count). The summed E-state index contributed by atoms with van der Waals surface area (Å²) in [6, 6.07) is 9.86. The van der Waals surface area contributed by atoms with E-state index >= 15 is 0 Å². The number of ether oxygens (including phenoxy) is 3. The number of rotatable bonds is 15. The molecule has 0 aliphatic heterocycles. The lowest BCUT2D eigenvalue weighted by Crippen LogP contribution is -2.34. The van der Waals surface area contributed by atoms with Crippen LogP contribution in [-0.2, 0) is 20.8 Å². The van der Waals surface area contributed by atoms with E-state index in [4.69, 9.17) is 14.2 Å². The average Bonchev–Trinajstić information content (AvgIpc) is 2.65. The molecule has 4 heteroatoms. The summed E-state index contributed by atoms with van der Waals surface area (Å²) in [5.41, 5.74) is 1.05. The third kappa shape index (κ3) is 9.95. The molecule has 0 aliphatic carbocycles. The molecule has 0 amide bonds. The van der Waals surface area contributed by atoms with E-state index in [1.165, 1.54) is 32.1 Å². The van der Waals surface area contributed by atoms with Crippen LogP contribution in [0.25, 0.3) is 0 Å². The van der Waals surface area contributed by atoms with Crippen LogP contribution in [0.3, 0.4) is 0 Å². The molecule has 0 heterocycles. The first kappa shape index (κ1) is 22.1. The molecule has 0 saturated carbocycles. The van der Waals surface area contributed by atoms with Crippen molar-refractivity contribution in [2.24, 2.45) is 0 Å². The summed E-state index contributed by atoms with van der Waals surface area (Å²) in [4.78, 5) is 0. The van der Waals surface area contributed by atoms with Crippen LogP contribution in [0, 0.1) is 0 Å². The summed E-state index contributed by atoms with van der Waals surface area (Å²) in [6.45, 7) is 2.63. The van der Waals surface area contributed by atoms with Gasteiger partial charge in [-0.2, -0.15) is 0 Å². The minimum atomic E-state index is -0.854. The number of hydrogen-bond acceptors (Lipinski definition) is 4. The van der Waals surface area contributed by atoms with Crippen molar-refractivity contribution in [1.29, 1.82) is 0 Å². The zero-order valence-electron chi connectivity index (χ0n) is 16.2. The predicted molar refractivity (Wildman–Crippen MR) is 101 cm³/mol. The third-order valence-electron chi connectivity index (χ3n) is 4.58. The van der Waals surface area contributed by atoms with Gasteiger partial charge >= 0.3 is 0 Å². The fourth-order valence-electron chi connectivity index (χ4n) is 3.01. The van der Waals surface area contributed by atoms with Gasteiger partial charge in [-0.05, 0) is 12.0 Å². The van der Waals surface area contributed by atoms with Crippen molar-refractivity contribution in [3.05, 3.63) is 35.9 Å². The zero-order chi connectivity index (χ0) is 18.3. The van der Waals surface area contributed by atoms with Gasteiger partial charge in [-0.1, -0.05) is 75.8 Å². The Morgan fingerprint density at radius 2 is 1.52 bits per heavy atom. The number of benzene rings is 1. The zero-order valence-corrected chi connectivity index (χ0v) is 16.2. The van der Waals surface area contributed by atoms with Crippen molar-refractivity contribution in [3.63, 3.8) is 0 Å². The second kappa shape index (κ2) is 14.3. The summed E-state index contributed by atoms with van der Waals surface area (Å²) >= 11 is 0. The van der Waals surface area contributed by atoms with Gasteiger partial charge in [-0.25, -0.2) is 0 Å². The second-order valence-corrected chi connectivity index (χ2v) is 6.59. The largest absolute Gasteiger partial charge is 0.379 e. The molecule has 0 spiro atoms. The van der Waals surface area contributed by atoms with Crippen LogP contribution in [0.2, 0.25) is 0 Å². The molecule has 0 saturated heterocycles. The van der Waals surface area contributed by atoms with Gasteiger partial charge in [0.15, 0.2) is 6.29 Å². The summed E-state index contributed by atoms with van der Waals surface area (Å²) in [6.07, 6.45) is 7.88. The molecule has 3 unspecified atom stereocenters.